The topological polar surface area (TPSA) is 60.3 Å². The second-order valence-corrected chi connectivity index (χ2v) is 6.95. The van der Waals surface area contributed by atoms with Gasteiger partial charge in [-0.15, -0.1) is 0 Å². The van der Waals surface area contributed by atoms with Crippen LogP contribution in [0.5, 0.6) is 0 Å². The van der Waals surface area contributed by atoms with Crippen molar-refractivity contribution in [2.24, 2.45) is 7.05 Å². The van der Waals surface area contributed by atoms with Crippen LogP contribution in [0.3, 0.4) is 0 Å². The van der Waals surface area contributed by atoms with E-state index in [1.165, 1.54) is 0 Å². The third kappa shape index (κ3) is 3.70. The first-order chi connectivity index (χ1) is 14.6. The number of ether oxygens (including phenoxy) is 1. The molecule has 4 aromatic rings. The van der Waals surface area contributed by atoms with Gasteiger partial charge in [-0.05, 0) is 48.9 Å². The maximum atomic E-state index is 12.6. The molecule has 0 bridgehead atoms. The third-order valence-electron chi connectivity index (χ3n) is 5.03. The number of nitrogens with one attached hydrogen (secondary N) is 1. The van der Waals surface area contributed by atoms with Crippen LogP contribution in [-0.2, 0) is 16.6 Å². The van der Waals surface area contributed by atoms with Crippen molar-refractivity contribution in [3.05, 3.63) is 89.6 Å². The Kier molecular flexibility index (Phi) is 5.35. The Balaban J connectivity index is 1.75. The van der Waals surface area contributed by atoms with Crippen LogP contribution in [-0.4, -0.2) is 23.1 Å². The van der Waals surface area contributed by atoms with Gasteiger partial charge in [0.25, 0.3) is 5.91 Å². The first-order valence-electron chi connectivity index (χ1n) is 9.81. The minimum atomic E-state index is -0.570. The number of carbonyl (C=O) groups is 2. The number of aryl methyl sites for hydroxylation is 1. The van der Waals surface area contributed by atoms with Crippen LogP contribution in [0.2, 0.25) is 0 Å². The van der Waals surface area contributed by atoms with E-state index in [0.717, 1.165) is 27.4 Å². The molecule has 0 saturated heterocycles. The van der Waals surface area contributed by atoms with Crippen molar-refractivity contribution in [2.45, 2.75) is 6.92 Å². The lowest BCUT2D eigenvalue weighted by molar-refractivity contribution is -0.138. The number of fused-ring (bicyclic) bond motifs is 3. The van der Waals surface area contributed by atoms with Gasteiger partial charge >= 0.3 is 5.97 Å². The molecule has 0 fully saturated rings. The zero-order valence-corrected chi connectivity index (χ0v) is 16.9. The number of rotatable bonds is 5. The Hall–Kier alpha value is -3.86. The summed E-state index contributed by atoms with van der Waals surface area (Å²) in [5, 5.41) is 4.92. The molecule has 5 heteroatoms. The number of carbonyl (C=O) groups excluding carboxylic acids is 2. The normalized spacial score (nSPS) is 11.6. The quantitative estimate of drug-likeness (QED) is 0.393. The van der Waals surface area contributed by atoms with Crippen LogP contribution in [0.1, 0.15) is 22.8 Å². The number of para-hydroxylation sites is 1. The maximum Gasteiger partial charge on any atom is 0.354 e. The molecular weight excluding hydrogens is 376 g/mol. The number of nitrogens with zero attached hydrogens (tertiary/aromatic N) is 1. The number of amides is 1. The molecule has 0 atom stereocenters. The number of hydrogen-bond donors (Lipinski definition) is 1. The Labute approximate surface area is 174 Å². The second kappa shape index (κ2) is 8.25. The smallest absolute Gasteiger partial charge is 0.354 e. The van der Waals surface area contributed by atoms with E-state index < -0.39 is 5.97 Å². The highest BCUT2D eigenvalue weighted by Crippen LogP contribution is 2.29. The molecule has 1 aromatic heterocycles. The molecule has 0 radical (unpaired) electrons. The largest absolute Gasteiger partial charge is 0.461 e. The van der Waals surface area contributed by atoms with Gasteiger partial charge in [0, 0.05) is 34.4 Å². The van der Waals surface area contributed by atoms with Crippen LogP contribution < -0.4 is 5.32 Å². The molecule has 0 aliphatic rings. The van der Waals surface area contributed by atoms with Crippen molar-refractivity contribution < 1.29 is 14.3 Å². The number of aromatic nitrogens is 1. The lowest BCUT2D eigenvalue weighted by atomic mass is 10.1. The fraction of sp³-hybridized carbons (Fsp3) is 0.120. The molecule has 4 rings (SSSR count). The zero-order valence-electron chi connectivity index (χ0n) is 16.9. The Bertz CT molecular complexity index is 1270. The van der Waals surface area contributed by atoms with Gasteiger partial charge in [-0.25, -0.2) is 4.79 Å². The number of hydrogen-bond acceptors (Lipinski definition) is 3. The molecule has 0 spiro atoms. The fourth-order valence-corrected chi connectivity index (χ4v) is 3.58. The van der Waals surface area contributed by atoms with Crippen molar-refractivity contribution in [3.8, 4) is 0 Å². The third-order valence-corrected chi connectivity index (χ3v) is 5.03. The Morgan fingerprint density at radius 2 is 1.63 bits per heavy atom. The predicted octanol–water partition coefficient (Wildman–Crippen LogP) is 4.67. The van der Waals surface area contributed by atoms with E-state index in [0.29, 0.717) is 5.56 Å². The molecule has 1 N–H and O–H groups in total. The summed E-state index contributed by atoms with van der Waals surface area (Å²) in [6, 6.07) is 22.9. The standard InChI is InChI=1S/C25H22N2O3/c1-3-30-25(29)21(26-24(28)18-9-5-4-6-10-18)16-17-13-14-23-20(15-17)19-11-7-8-12-22(19)27(23)2/h4-16H,3H2,1-2H3,(H,26,28)/b21-16+. The molecule has 30 heavy (non-hydrogen) atoms. The van der Waals surface area contributed by atoms with Crippen LogP contribution in [0.15, 0.2) is 78.5 Å². The van der Waals surface area contributed by atoms with E-state index in [2.05, 4.69) is 22.0 Å². The average molecular weight is 398 g/mol. The maximum absolute atomic E-state index is 12.6. The van der Waals surface area contributed by atoms with E-state index in [1.807, 2.05) is 43.4 Å². The van der Waals surface area contributed by atoms with Gasteiger partial charge in [0.1, 0.15) is 5.70 Å². The summed E-state index contributed by atoms with van der Waals surface area (Å²) >= 11 is 0. The molecule has 1 heterocycles. The van der Waals surface area contributed by atoms with Gasteiger partial charge in [-0.3, -0.25) is 4.79 Å². The Morgan fingerprint density at radius 3 is 2.40 bits per heavy atom. The van der Waals surface area contributed by atoms with Gasteiger partial charge in [0.2, 0.25) is 0 Å². The van der Waals surface area contributed by atoms with Crippen LogP contribution in [0, 0.1) is 0 Å². The van der Waals surface area contributed by atoms with E-state index in [1.54, 1.807) is 37.3 Å². The fourth-order valence-electron chi connectivity index (χ4n) is 3.58. The van der Waals surface area contributed by atoms with Gasteiger partial charge in [0.05, 0.1) is 6.61 Å². The highest BCUT2D eigenvalue weighted by Gasteiger charge is 2.16. The molecular formula is C25H22N2O3. The molecule has 0 unspecified atom stereocenters. The molecule has 0 aliphatic carbocycles. The van der Waals surface area contributed by atoms with Crippen molar-refractivity contribution in [3.63, 3.8) is 0 Å². The van der Waals surface area contributed by atoms with Crippen molar-refractivity contribution in [2.75, 3.05) is 6.61 Å². The summed E-state index contributed by atoms with van der Waals surface area (Å²) in [6.07, 6.45) is 1.65. The Morgan fingerprint density at radius 1 is 0.933 bits per heavy atom. The highest BCUT2D eigenvalue weighted by molar-refractivity contribution is 6.09. The van der Waals surface area contributed by atoms with Gasteiger partial charge in [0.15, 0.2) is 0 Å². The SMILES string of the molecule is CCOC(=O)/C(=C\c1ccc2c(c1)c1ccccc1n2C)NC(=O)c1ccccc1. The first kappa shape index (κ1) is 19.5. The average Bonchev–Trinajstić information content (AvgIpc) is 3.06. The summed E-state index contributed by atoms with van der Waals surface area (Å²) in [6.45, 7) is 1.95. The molecule has 150 valence electrons. The first-order valence-corrected chi connectivity index (χ1v) is 9.81. The van der Waals surface area contributed by atoms with E-state index in [4.69, 9.17) is 4.74 Å². The highest BCUT2D eigenvalue weighted by atomic mass is 16.5. The van der Waals surface area contributed by atoms with E-state index in [-0.39, 0.29) is 18.2 Å². The molecule has 3 aromatic carbocycles. The van der Waals surface area contributed by atoms with Crippen LogP contribution in [0.4, 0.5) is 0 Å². The van der Waals surface area contributed by atoms with Crippen molar-refractivity contribution >= 4 is 39.8 Å². The molecule has 5 nitrogen and oxygen atoms in total. The van der Waals surface area contributed by atoms with Crippen LogP contribution >= 0.6 is 0 Å². The summed E-state index contributed by atoms with van der Waals surface area (Å²) in [5.74, 6) is -0.930. The van der Waals surface area contributed by atoms with E-state index in [9.17, 15) is 9.59 Å². The monoisotopic (exact) mass is 398 g/mol. The molecule has 0 aliphatic heterocycles. The van der Waals surface area contributed by atoms with Gasteiger partial charge < -0.3 is 14.6 Å². The lowest BCUT2D eigenvalue weighted by Gasteiger charge is -2.10. The summed E-state index contributed by atoms with van der Waals surface area (Å²) < 4.78 is 7.29. The minimum absolute atomic E-state index is 0.102. The van der Waals surface area contributed by atoms with Crippen molar-refractivity contribution in [1.82, 2.24) is 9.88 Å². The lowest BCUT2D eigenvalue weighted by Crippen LogP contribution is -2.28. The summed E-state index contributed by atoms with van der Waals surface area (Å²) in [4.78, 5) is 25.1. The number of esters is 1. The van der Waals surface area contributed by atoms with E-state index >= 15 is 0 Å². The van der Waals surface area contributed by atoms with Crippen molar-refractivity contribution in [1.29, 1.82) is 0 Å². The van der Waals surface area contributed by atoms with Gasteiger partial charge in [-0.1, -0.05) is 42.5 Å². The second-order valence-electron chi connectivity index (χ2n) is 6.95. The predicted molar refractivity (Wildman–Crippen MR) is 119 cm³/mol. The number of benzene rings is 3. The molecule has 0 saturated carbocycles. The summed E-state index contributed by atoms with van der Waals surface area (Å²) in [7, 11) is 2.03. The summed E-state index contributed by atoms with van der Waals surface area (Å²) in [5.41, 5.74) is 3.61. The minimum Gasteiger partial charge on any atom is -0.461 e. The zero-order chi connectivity index (χ0) is 21.1. The van der Waals surface area contributed by atoms with Crippen LogP contribution in [0.25, 0.3) is 27.9 Å². The molecule has 1 amide bonds. The van der Waals surface area contributed by atoms with Gasteiger partial charge in [-0.2, -0.15) is 0 Å².